The largest absolute Gasteiger partial charge is 0.497 e. The van der Waals surface area contributed by atoms with Gasteiger partial charge in [0.25, 0.3) is 10.0 Å². The molecule has 0 aliphatic heterocycles. The summed E-state index contributed by atoms with van der Waals surface area (Å²) in [5.74, 6) is -0.0213. The van der Waals surface area contributed by atoms with Gasteiger partial charge in [-0.1, -0.05) is 61.0 Å². The van der Waals surface area contributed by atoms with E-state index in [2.05, 4.69) is 5.32 Å². The molecule has 0 bridgehead atoms. The number of hydrogen-bond donors (Lipinski definition) is 1. The summed E-state index contributed by atoms with van der Waals surface area (Å²) >= 11 is 6.33. The van der Waals surface area contributed by atoms with Gasteiger partial charge < -0.3 is 29.2 Å². The maximum atomic E-state index is 14.8. The Morgan fingerprint density at radius 2 is 1.46 bits per heavy atom. The molecule has 266 valence electrons. The number of carbonyl (C=O) groups excluding carboxylic acids is 2. The highest BCUT2D eigenvalue weighted by atomic mass is 35.5. The lowest BCUT2D eigenvalue weighted by Crippen LogP contribution is -2.53. The topological polar surface area (TPSA) is 124 Å². The molecule has 2 amide bonds. The van der Waals surface area contributed by atoms with Crippen molar-refractivity contribution in [1.82, 2.24) is 10.2 Å². The summed E-state index contributed by atoms with van der Waals surface area (Å²) in [7, 11) is 1.17. The van der Waals surface area contributed by atoms with Crippen molar-refractivity contribution in [3.63, 3.8) is 0 Å². The fraction of sp³-hybridized carbons (Fsp3) is 0.297. The first-order valence-corrected chi connectivity index (χ1v) is 17.7. The van der Waals surface area contributed by atoms with Crippen molar-refractivity contribution >= 4 is 39.1 Å². The number of hydrogen-bond acceptors (Lipinski definition) is 8. The lowest BCUT2D eigenvalue weighted by atomic mass is 10.0. The Morgan fingerprint density at radius 1 is 0.780 bits per heavy atom. The Morgan fingerprint density at radius 3 is 2.10 bits per heavy atom. The second-order valence-electron chi connectivity index (χ2n) is 11.2. The number of sulfonamides is 1. The molecule has 0 saturated carbocycles. The van der Waals surface area contributed by atoms with Crippen molar-refractivity contribution in [3.05, 3.63) is 107 Å². The first-order valence-electron chi connectivity index (χ1n) is 15.9. The molecule has 11 nitrogen and oxygen atoms in total. The second kappa shape index (κ2) is 17.6. The van der Waals surface area contributed by atoms with Crippen molar-refractivity contribution < 1.29 is 37.0 Å². The molecule has 0 radical (unpaired) electrons. The van der Waals surface area contributed by atoms with Gasteiger partial charge in [0.2, 0.25) is 11.8 Å². The van der Waals surface area contributed by atoms with Crippen molar-refractivity contribution in [2.45, 2.75) is 37.2 Å². The molecule has 1 N–H and O–H groups in total. The van der Waals surface area contributed by atoms with Crippen LogP contribution < -0.4 is 28.6 Å². The van der Waals surface area contributed by atoms with E-state index in [-0.39, 0.29) is 41.0 Å². The van der Waals surface area contributed by atoms with Gasteiger partial charge in [-0.2, -0.15) is 0 Å². The van der Waals surface area contributed by atoms with E-state index in [9.17, 15) is 18.0 Å². The zero-order valence-corrected chi connectivity index (χ0v) is 30.3. The van der Waals surface area contributed by atoms with Gasteiger partial charge in [0.1, 0.15) is 24.1 Å². The summed E-state index contributed by atoms with van der Waals surface area (Å²) in [4.78, 5) is 29.9. The molecule has 13 heteroatoms. The number of amides is 2. The molecule has 0 aliphatic rings. The van der Waals surface area contributed by atoms with Crippen LogP contribution in [0.3, 0.4) is 0 Å². The maximum absolute atomic E-state index is 14.8. The standard InChI is InChI=1S/C37H42ClN3O8S/c1-6-19-39-37(43)32(21-26-11-8-7-9-12-26)40(24-27-13-10-14-28(38)20-27)36(42)25-41(31-22-29(46-2)15-17-33(31)47-3)50(44,45)30-16-18-34(48-4)35(23-30)49-5/h7-18,20,22-23,32H,6,19,21,24-25H2,1-5H3,(H,39,43). The van der Waals surface area contributed by atoms with E-state index < -0.39 is 28.5 Å². The third-order valence-electron chi connectivity index (χ3n) is 7.94. The number of carbonyl (C=O) groups is 2. The molecule has 4 rings (SSSR count). The normalized spacial score (nSPS) is 11.6. The summed E-state index contributed by atoms with van der Waals surface area (Å²) < 4.78 is 52.0. The molecular weight excluding hydrogens is 682 g/mol. The van der Waals surface area contributed by atoms with Crippen LogP contribution in [0, 0.1) is 0 Å². The van der Waals surface area contributed by atoms with Gasteiger partial charge in [-0.25, -0.2) is 8.42 Å². The summed E-state index contributed by atoms with van der Waals surface area (Å²) in [5.41, 5.74) is 1.52. The van der Waals surface area contributed by atoms with Gasteiger partial charge in [0, 0.05) is 36.7 Å². The lowest BCUT2D eigenvalue weighted by Gasteiger charge is -2.34. The molecule has 0 heterocycles. The smallest absolute Gasteiger partial charge is 0.265 e. The second-order valence-corrected chi connectivity index (χ2v) is 13.5. The van der Waals surface area contributed by atoms with Crippen LogP contribution in [0.4, 0.5) is 5.69 Å². The first kappa shape index (κ1) is 37.9. The number of methoxy groups -OCH3 is 4. The molecule has 1 unspecified atom stereocenters. The van der Waals surface area contributed by atoms with Gasteiger partial charge in [0.15, 0.2) is 11.5 Å². The van der Waals surface area contributed by atoms with Crippen LogP contribution in [-0.2, 0) is 32.6 Å². The minimum Gasteiger partial charge on any atom is -0.497 e. The van der Waals surface area contributed by atoms with E-state index in [1.54, 1.807) is 36.4 Å². The van der Waals surface area contributed by atoms with E-state index in [4.69, 9.17) is 30.5 Å². The fourth-order valence-corrected chi connectivity index (χ4v) is 7.01. The quantitative estimate of drug-likeness (QED) is 0.147. The zero-order chi connectivity index (χ0) is 36.3. The minimum atomic E-state index is -4.50. The predicted molar refractivity (Wildman–Crippen MR) is 193 cm³/mol. The van der Waals surface area contributed by atoms with Gasteiger partial charge in [0.05, 0.1) is 39.0 Å². The van der Waals surface area contributed by atoms with E-state index in [1.807, 2.05) is 37.3 Å². The molecule has 4 aromatic carbocycles. The van der Waals surface area contributed by atoms with Crippen LogP contribution in [-0.4, -0.2) is 72.7 Å². The van der Waals surface area contributed by atoms with Gasteiger partial charge in [-0.3, -0.25) is 13.9 Å². The van der Waals surface area contributed by atoms with Crippen LogP contribution in [0.1, 0.15) is 24.5 Å². The highest BCUT2D eigenvalue weighted by Crippen LogP contribution is 2.38. The van der Waals surface area contributed by atoms with Gasteiger partial charge in [-0.05, 0) is 53.9 Å². The molecule has 0 aromatic heterocycles. The first-order chi connectivity index (χ1) is 24.1. The number of benzene rings is 4. The SMILES string of the molecule is CCCNC(=O)C(Cc1ccccc1)N(Cc1cccc(Cl)c1)C(=O)CN(c1cc(OC)ccc1OC)S(=O)(=O)c1ccc(OC)c(OC)c1. The molecule has 0 spiro atoms. The molecule has 0 aliphatic carbocycles. The predicted octanol–water partition coefficient (Wildman–Crippen LogP) is 5.74. The number of rotatable bonds is 17. The third-order valence-corrected chi connectivity index (χ3v) is 9.93. The fourth-order valence-electron chi connectivity index (χ4n) is 5.36. The highest BCUT2D eigenvalue weighted by molar-refractivity contribution is 7.92. The number of nitrogens with one attached hydrogen (secondary N) is 1. The number of ether oxygens (including phenoxy) is 4. The Hall–Kier alpha value is -4.94. The minimum absolute atomic E-state index is 0.0318. The summed E-state index contributed by atoms with van der Waals surface area (Å²) in [6.07, 6.45) is 0.854. The molecule has 0 fully saturated rings. The molecule has 0 saturated heterocycles. The Balaban J connectivity index is 1.89. The van der Waals surface area contributed by atoms with Crippen LogP contribution in [0.2, 0.25) is 5.02 Å². The van der Waals surface area contributed by atoms with E-state index in [0.717, 1.165) is 9.87 Å². The maximum Gasteiger partial charge on any atom is 0.265 e. The highest BCUT2D eigenvalue weighted by Gasteiger charge is 2.36. The third kappa shape index (κ3) is 9.19. The Labute approximate surface area is 298 Å². The monoisotopic (exact) mass is 723 g/mol. The van der Waals surface area contributed by atoms with Crippen molar-refractivity contribution in [2.24, 2.45) is 0 Å². The van der Waals surface area contributed by atoms with Gasteiger partial charge in [-0.15, -0.1) is 0 Å². The molecular formula is C37H42ClN3O8S. The molecule has 50 heavy (non-hydrogen) atoms. The summed E-state index contributed by atoms with van der Waals surface area (Å²) in [5, 5.41) is 3.38. The van der Waals surface area contributed by atoms with Crippen molar-refractivity contribution in [3.8, 4) is 23.0 Å². The van der Waals surface area contributed by atoms with Crippen molar-refractivity contribution in [2.75, 3.05) is 45.8 Å². The number of anilines is 1. The van der Waals surface area contributed by atoms with E-state index in [0.29, 0.717) is 35.1 Å². The van der Waals surface area contributed by atoms with Crippen molar-refractivity contribution in [1.29, 1.82) is 0 Å². The van der Waals surface area contributed by atoms with Crippen LogP contribution in [0.5, 0.6) is 23.0 Å². The number of nitrogens with zero attached hydrogens (tertiary/aromatic N) is 2. The van der Waals surface area contributed by atoms with E-state index >= 15 is 0 Å². The summed E-state index contributed by atoms with van der Waals surface area (Å²) in [6.45, 7) is 1.59. The van der Waals surface area contributed by atoms with Crippen LogP contribution in [0.25, 0.3) is 0 Å². The average Bonchev–Trinajstić information content (AvgIpc) is 3.13. The Bertz CT molecular complexity index is 1870. The lowest BCUT2D eigenvalue weighted by molar-refractivity contribution is -0.140. The Kier molecular flexibility index (Phi) is 13.4. The summed E-state index contributed by atoms with van der Waals surface area (Å²) in [6, 6.07) is 24.0. The number of halogens is 1. The zero-order valence-electron chi connectivity index (χ0n) is 28.7. The van der Waals surface area contributed by atoms with Gasteiger partial charge >= 0.3 is 0 Å². The van der Waals surface area contributed by atoms with Crippen LogP contribution >= 0.6 is 11.6 Å². The molecule has 1 atom stereocenters. The molecule has 4 aromatic rings. The van der Waals surface area contributed by atoms with Crippen LogP contribution in [0.15, 0.2) is 95.9 Å². The average molecular weight is 724 g/mol. The van der Waals surface area contributed by atoms with E-state index in [1.165, 1.54) is 57.6 Å².